The van der Waals surface area contributed by atoms with Crippen LogP contribution < -0.4 is 5.32 Å². The Kier molecular flexibility index (Phi) is 6.92. The molecule has 1 aromatic rings. The largest absolute Gasteiger partial charge is 0.396 e. The average Bonchev–Trinajstić information content (AvgIpc) is 2.38. The maximum Gasteiger partial charge on any atom is 0.243 e. The highest BCUT2D eigenvalue weighted by Crippen LogP contribution is 2.31. The summed E-state index contributed by atoms with van der Waals surface area (Å²) in [6, 6.07) is 5.32. The van der Waals surface area contributed by atoms with E-state index in [1.165, 1.54) is 6.08 Å². The lowest BCUT2D eigenvalue weighted by Crippen LogP contribution is -2.23. The molecule has 1 atom stereocenters. The van der Waals surface area contributed by atoms with E-state index in [-0.39, 0.29) is 18.4 Å². The van der Waals surface area contributed by atoms with Gasteiger partial charge in [0, 0.05) is 23.2 Å². The number of halogens is 2. The van der Waals surface area contributed by atoms with E-state index < -0.39 is 0 Å². The van der Waals surface area contributed by atoms with Crippen LogP contribution in [0.4, 0.5) is 0 Å². The van der Waals surface area contributed by atoms with Gasteiger partial charge in [0.05, 0.1) is 0 Å². The van der Waals surface area contributed by atoms with Gasteiger partial charge in [-0.2, -0.15) is 0 Å². The average molecular weight is 302 g/mol. The number of benzene rings is 1. The van der Waals surface area contributed by atoms with E-state index in [2.05, 4.69) is 11.9 Å². The predicted molar refractivity (Wildman–Crippen MR) is 78.7 cm³/mol. The summed E-state index contributed by atoms with van der Waals surface area (Å²) in [5, 5.41) is 13.0. The molecule has 0 aromatic heterocycles. The molecule has 0 aliphatic carbocycles. The third-order valence-corrected chi connectivity index (χ3v) is 3.42. The van der Waals surface area contributed by atoms with Crippen LogP contribution in [0, 0.1) is 0 Å². The summed E-state index contributed by atoms with van der Waals surface area (Å²) in [7, 11) is 0. The molecule has 0 heterocycles. The molecule has 3 nitrogen and oxygen atoms in total. The van der Waals surface area contributed by atoms with Gasteiger partial charge in [0.1, 0.15) is 0 Å². The molecule has 2 N–H and O–H groups in total. The highest BCUT2D eigenvalue weighted by molar-refractivity contribution is 6.35. The van der Waals surface area contributed by atoms with Crippen molar-refractivity contribution in [2.24, 2.45) is 0 Å². The molecule has 1 unspecified atom stereocenters. The number of carbonyl (C=O) groups excluding carboxylic acids is 1. The van der Waals surface area contributed by atoms with Gasteiger partial charge in [-0.3, -0.25) is 4.79 Å². The number of amides is 1. The van der Waals surface area contributed by atoms with Crippen LogP contribution in [-0.4, -0.2) is 24.2 Å². The first-order chi connectivity index (χ1) is 9.08. The molecule has 104 valence electrons. The normalized spacial score (nSPS) is 11.9. The highest BCUT2D eigenvalue weighted by atomic mass is 35.5. The van der Waals surface area contributed by atoms with Crippen molar-refractivity contribution in [1.29, 1.82) is 0 Å². The summed E-state index contributed by atoms with van der Waals surface area (Å²) in [5.41, 5.74) is 0.938. The fourth-order valence-corrected chi connectivity index (χ4v) is 2.45. The number of hydrogen-bond acceptors (Lipinski definition) is 2. The minimum atomic E-state index is -0.204. The number of hydrogen-bond donors (Lipinski definition) is 2. The van der Waals surface area contributed by atoms with Crippen LogP contribution in [0.15, 0.2) is 30.9 Å². The zero-order valence-corrected chi connectivity index (χ0v) is 12.0. The Labute approximate surface area is 123 Å². The Morgan fingerprint density at radius 2 is 2.16 bits per heavy atom. The van der Waals surface area contributed by atoms with Gasteiger partial charge in [0.2, 0.25) is 5.91 Å². The van der Waals surface area contributed by atoms with Crippen LogP contribution in [-0.2, 0) is 4.79 Å². The standard InChI is InChI=1S/C14H17Cl2NO2/c1-2-14(19)17-7-5-10(6-8-18)12-4-3-11(15)9-13(12)16/h2-4,9-10,18H,1,5-8H2,(H,17,19). The van der Waals surface area contributed by atoms with E-state index in [1.54, 1.807) is 12.1 Å². The van der Waals surface area contributed by atoms with Crippen molar-refractivity contribution in [1.82, 2.24) is 5.32 Å². The van der Waals surface area contributed by atoms with Crippen LogP contribution in [0.3, 0.4) is 0 Å². The third-order valence-electron chi connectivity index (χ3n) is 2.86. The zero-order chi connectivity index (χ0) is 14.3. The van der Waals surface area contributed by atoms with Gasteiger partial charge in [-0.15, -0.1) is 0 Å². The number of aliphatic hydroxyl groups excluding tert-OH is 1. The van der Waals surface area contributed by atoms with Crippen molar-refractivity contribution in [3.63, 3.8) is 0 Å². The number of aliphatic hydroxyl groups is 1. The molecule has 0 fully saturated rings. The van der Waals surface area contributed by atoms with E-state index in [4.69, 9.17) is 28.3 Å². The Morgan fingerprint density at radius 1 is 1.42 bits per heavy atom. The molecule has 19 heavy (non-hydrogen) atoms. The Morgan fingerprint density at radius 3 is 2.74 bits per heavy atom. The first kappa shape index (κ1) is 16.0. The van der Waals surface area contributed by atoms with Crippen LogP contribution in [0.25, 0.3) is 0 Å². The van der Waals surface area contributed by atoms with E-state index in [0.29, 0.717) is 29.4 Å². The molecule has 0 saturated carbocycles. The monoisotopic (exact) mass is 301 g/mol. The fraction of sp³-hybridized carbons (Fsp3) is 0.357. The molecule has 1 amide bonds. The van der Waals surface area contributed by atoms with Crippen molar-refractivity contribution < 1.29 is 9.90 Å². The third kappa shape index (κ3) is 5.23. The van der Waals surface area contributed by atoms with E-state index in [1.807, 2.05) is 6.07 Å². The van der Waals surface area contributed by atoms with E-state index >= 15 is 0 Å². The summed E-state index contributed by atoms with van der Waals surface area (Å²) in [5.74, 6) is -0.121. The van der Waals surface area contributed by atoms with Gasteiger partial charge >= 0.3 is 0 Å². The van der Waals surface area contributed by atoms with Gasteiger partial charge in [-0.1, -0.05) is 35.8 Å². The number of rotatable bonds is 7. The second kappa shape index (κ2) is 8.20. The molecular weight excluding hydrogens is 285 g/mol. The van der Waals surface area contributed by atoms with Crippen molar-refractivity contribution in [3.8, 4) is 0 Å². The van der Waals surface area contributed by atoms with Gasteiger partial charge in [0.25, 0.3) is 0 Å². The lowest BCUT2D eigenvalue weighted by atomic mass is 9.92. The predicted octanol–water partition coefficient (Wildman–Crippen LogP) is 3.15. The van der Waals surface area contributed by atoms with Crippen LogP contribution >= 0.6 is 23.2 Å². The molecule has 0 saturated heterocycles. The van der Waals surface area contributed by atoms with Crippen LogP contribution in [0.5, 0.6) is 0 Å². The summed E-state index contributed by atoms with van der Waals surface area (Å²) in [6.45, 7) is 3.97. The second-order valence-corrected chi connectivity index (χ2v) is 5.00. The summed E-state index contributed by atoms with van der Waals surface area (Å²) in [6.07, 6.45) is 2.52. The first-order valence-electron chi connectivity index (χ1n) is 6.04. The topological polar surface area (TPSA) is 49.3 Å². The minimum absolute atomic E-state index is 0.0685. The van der Waals surface area contributed by atoms with Gasteiger partial charge in [-0.05, 0) is 42.5 Å². The van der Waals surface area contributed by atoms with Gasteiger partial charge < -0.3 is 10.4 Å². The molecule has 0 aliphatic rings. The van der Waals surface area contributed by atoms with Crippen LogP contribution in [0.1, 0.15) is 24.3 Å². The summed E-state index contributed by atoms with van der Waals surface area (Å²) >= 11 is 12.0. The number of carbonyl (C=O) groups is 1. The lowest BCUT2D eigenvalue weighted by molar-refractivity contribution is -0.116. The molecular formula is C14H17Cl2NO2. The smallest absolute Gasteiger partial charge is 0.243 e. The van der Waals surface area contributed by atoms with Gasteiger partial charge in [-0.25, -0.2) is 0 Å². The van der Waals surface area contributed by atoms with Gasteiger partial charge in [0.15, 0.2) is 0 Å². The Bertz CT molecular complexity index is 449. The molecule has 0 bridgehead atoms. The maximum absolute atomic E-state index is 11.1. The molecule has 0 aliphatic heterocycles. The van der Waals surface area contributed by atoms with Crippen molar-refractivity contribution in [2.75, 3.05) is 13.2 Å². The lowest BCUT2D eigenvalue weighted by Gasteiger charge is -2.18. The molecule has 1 aromatic carbocycles. The van der Waals surface area contributed by atoms with Crippen LogP contribution in [0.2, 0.25) is 10.0 Å². The fourth-order valence-electron chi connectivity index (χ4n) is 1.89. The minimum Gasteiger partial charge on any atom is -0.396 e. The van der Waals surface area contributed by atoms with E-state index in [0.717, 1.165) is 5.56 Å². The quantitative estimate of drug-likeness (QED) is 0.760. The highest BCUT2D eigenvalue weighted by Gasteiger charge is 2.14. The molecule has 1 rings (SSSR count). The zero-order valence-electron chi connectivity index (χ0n) is 10.5. The summed E-state index contributed by atoms with van der Waals surface area (Å²) in [4.78, 5) is 11.1. The molecule has 0 spiro atoms. The van der Waals surface area contributed by atoms with Crippen molar-refractivity contribution in [2.45, 2.75) is 18.8 Å². The number of nitrogens with one attached hydrogen (secondary N) is 1. The second-order valence-electron chi connectivity index (χ2n) is 4.16. The Hall–Kier alpha value is -1.03. The SMILES string of the molecule is C=CC(=O)NCCC(CCO)c1ccc(Cl)cc1Cl. The maximum atomic E-state index is 11.1. The van der Waals surface area contributed by atoms with Crippen molar-refractivity contribution in [3.05, 3.63) is 46.5 Å². The van der Waals surface area contributed by atoms with Crippen molar-refractivity contribution >= 4 is 29.1 Å². The van der Waals surface area contributed by atoms with E-state index in [9.17, 15) is 4.79 Å². The Balaban J connectivity index is 2.70. The molecule has 5 heteroatoms. The summed E-state index contributed by atoms with van der Waals surface area (Å²) < 4.78 is 0. The first-order valence-corrected chi connectivity index (χ1v) is 6.80. The molecule has 0 radical (unpaired) electrons.